The minimum atomic E-state index is 0.649. The predicted molar refractivity (Wildman–Crippen MR) is 67.9 cm³/mol. The summed E-state index contributed by atoms with van der Waals surface area (Å²) in [7, 11) is 2.21. The van der Waals surface area contributed by atoms with Crippen molar-refractivity contribution in [2.45, 2.75) is 44.2 Å². The Labute approximate surface area is 103 Å². The van der Waals surface area contributed by atoms with Gasteiger partial charge < -0.3 is 15.2 Å². The number of nitrogens with one attached hydrogen (secondary N) is 2. The van der Waals surface area contributed by atoms with Gasteiger partial charge in [-0.3, -0.25) is 0 Å². The Bertz CT molecular complexity index is 369. The molecule has 1 aliphatic heterocycles. The average Bonchev–Trinajstić information content (AvgIpc) is 3.04. The average molecular weight is 234 g/mol. The van der Waals surface area contributed by atoms with Gasteiger partial charge in [0.2, 0.25) is 0 Å². The summed E-state index contributed by atoms with van der Waals surface area (Å²) in [6, 6.07) is 0.754. The Kier molecular flexibility index (Phi) is 3.16. The first-order chi connectivity index (χ1) is 8.31. The number of aromatic nitrogens is 2. The first-order valence-electron chi connectivity index (χ1n) is 6.77. The molecule has 0 radical (unpaired) electrons. The molecule has 2 N–H and O–H groups in total. The van der Waals surface area contributed by atoms with Gasteiger partial charge in [0.1, 0.15) is 5.82 Å². The highest BCUT2D eigenvalue weighted by Crippen LogP contribution is 2.25. The van der Waals surface area contributed by atoms with Crippen LogP contribution in [0.5, 0.6) is 0 Å². The molecule has 2 aliphatic rings. The van der Waals surface area contributed by atoms with Crippen LogP contribution in [0.15, 0.2) is 6.20 Å². The van der Waals surface area contributed by atoms with Gasteiger partial charge >= 0.3 is 0 Å². The predicted octanol–water partition coefficient (Wildman–Crippen LogP) is 1.47. The van der Waals surface area contributed by atoms with Crippen LogP contribution in [-0.2, 0) is 6.54 Å². The lowest BCUT2D eigenvalue weighted by Gasteiger charge is -2.28. The van der Waals surface area contributed by atoms with E-state index in [1.165, 1.54) is 37.9 Å². The second-order valence-electron chi connectivity index (χ2n) is 5.54. The molecule has 1 aromatic rings. The Balaban J connectivity index is 1.58. The molecule has 4 nitrogen and oxygen atoms in total. The van der Waals surface area contributed by atoms with Crippen molar-refractivity contribution in [2.24, 2.45) is 0 Å². The van der Waals surface area contributed by atoms with Gasteiger partial charge in [-0.1, -0.05) is 0 Å². The van der Waals surface area contributed by atoms with Crippen molar-refractivity contribution in [3.05, 3.63) is 17.7 Å². The smallest absolute Gasteiger partial charge is 0.120 e. The van der Waals surface area contributed by atoms with Crippen molar-refractivity contribution in [2.75, 3.05) is 20.1 Å². The third-order valence-electron chi connectivity index (χ3n) is 3.85. The van der Waals surface area contributed by atoms with Gasteiger partial charge in [0.05, 0.1) is 6.54 Å². The third kappa shape index (κ3) is 2.87. The summed E-state index contributed by atoms with van der Waals surface area (Å²) in [4.78, 5) is 10.4. The molecule has 2 fully saturated rings. The van der Waals surface area contributed by atoms with Crippen LogP contribution >= 0.6 is 0 Å². The lowest BCUT2D eigenvalue weighted by molar-refractivity contribution is 0.248. The molecule has 4 heteroatoms. The van der Waals surface area contributed by atoms with Crippen molar-refractivity contribution in [1.82, 2.24) is 20.2 Å². The van der Waals surface area contributed by atoms with E-state index in [2.05, 4.69) is 27.2 Å². The maximum absolute atomic E-state index is 4.48. The number of imidazole rings is 1. The van der Waals surface area contributed by atoms with Gasteiger partial charge in [0.15, 0.2) is 0 Å². The summed E-state index contributed by atoms with van der Waals surface area (Å²) in [5.41, 5.74) is 1.32. The van der Waals surface area contributed by atoms with E-state index in [1.54, 1.807) is 0 Å². The number of rotatable bonds is 4. The fourth-order valence-electron chi connectivity index (χ4n) is 2.62. The highest BCUT2D eigenvalue weighted by atomic mass is 15.1. The van der Waals surface area contributed by atoms with E-state index < -0.39 is 0 Å². The summed E-state index contributed by atoms with van der Waals surface area (Å²) in [6.45, 7) is 3.30. The normalized spacial score (nSPS) is 26.3. The van der Waals surface area contributed by atoms with Crippen molar-refractivity contribution in [3.8, 4) is 0 Å². The molecule has 0 spiro atoms. The van der Waals surface area contributed by atoms with Crippen LogP contribution < -0.4 is 5.32 Å². The highest BCUT2D eigenvalue weighted by Gasteiger charge is 2.22. The molecular formula is C13H22N4. The molecular weight excluding hydrogens is 212 g/mol. The molecule has 17 heavy (non-hydrogen) atoms. The summed E-state index contributed by atoms with van der Waals surface area (Å²) in [5.74, 6) is 1.75. The second kappa shape index (κ2) is 4.78. The molecule has 0 amide bonds. The number of H-pyrrole nitrogens is 1. The van der Waals surface area contributed by atoms with Gasteiger partial charge in [-0.05, 0) is 39.3 Å². The van der Waals surface area contributed by atoms with Crippen LogP contribution in [0, 0.1) is 0 Å². The molecule has 1 saturated heterocycles. The quantitative estimate of drug-likeness (QED) is 0.829. The lowest BCUT2D eigenvalue weighted by Crippen LogP contribution is -2.31. The minimum absolute atomic E-state index is 0.649. The molecule has 1 aliphatic carbocycles. The maximum Gasteiger partial charge on any atom is 0.120 e. The second-order valence-corrected chi connectivity index (χ2v) is 5.54. The monoisotopic (exact) mass is 234 g/mol. The summed E-state index contributed by atoms with van der Waals surface area (Å²) in [5, 5.41) is 3.49. The molecule has 3 rings (SSSR count). The van der Waals surface area contributed by atoms with E-state index in [-0.39, 0.29) is 0 Å². The number of likely N-dealkylation sites (N-methyl/N-ethyl adjacent to an activating group) is 1. The largest absolute Gasteiger partial charge is 0.345 e. The van der Waals surface area contributed by atoms with E-state index in [0.717, 1.165) is 25.0 Å². The number of piperidine rings is 1. The number of aromatic amines is 1. The Morgan fingerprint density at radius 3 is 3.12 bits per heavy atom. The van der Waals surface area contributed by atoms with Crippen LogP contribution in [0.2, 0.25) is 0 Å². The molecule has 1 saturated carbocycles. The van der Waals surface area contributed by atoms with Gasteiger partial charge in [0.25, 0.3) is 0 Å². The Morgan fingerprint density at radius 2 is 2.35 bits per heavy atom. The molecule has 1 atom stereocenters. The fraction of sp³-hybridized carbons (Fsp3) is 0.769. The number of nitrogens with zero attached hydrogens (tertiary/aromatic N) is 2. The van der Waals surface area contributed by atoms with Crippen LogP contribution in [0.1, 0.15) is 43.1 Å². The van der Waals surface area contributed by atoms with E-state index in [1.807, 2.05) is 6.20 Å². The zero-order valence-corrected chi connectivity index (χ0v) is 10.6. The number of likely N-dealkylation sites (tertiary alicyclic amines) is 1. The van der Waals surface area contributed by atoms with Crippen molar-refractivity contribution < 1.29 is 0 Å². The van der Waals surface area contributed by atoms with Crippen LogP contribution in [0.3, 0.4) is 0 Å². The first-order valence-corrected chi connectivity index (χ1v) is 6.77. The van der Waals surface area contributed by atoms with Gasteiger partial charge in [-0.15, -0.1) is 0 Å². The van der Waals surface area contributed by atoms with E-state index >= 15 is 0 Å². The standard InChI is InChI=1S/C13H22N4/c1-17-6-2-3-10(9-17)12-7-15-13(16-12)8-14-11-4-5-11/h7,10-11,14H,2-6,8-9H2,1H3,(H,15,16). The fourth-order valence-corrected chi connectivity index (χ4v) is 2.62. The minimum Gasteiger partial charge on any atom is -0.345 e. The molecule has 0 bridgehead atoms. The molecule has 1 unspecified atom stereocenters. The molecule has 94 valence electrons. The van der Waals surface area contributed by atoms with Crippen molar-refractivity contribution in [1.29, 1.82) is 0 Å². The van der Waals surface area contributed by atoms with E-state index in [0.29, 0.717) is 5.92 Å². The molecule has 2 heterocycles. The van der Waals surface area contributed by atoms with E-state index in [9.17, 15) is 0 Å². The number of hydrogen-bond donors (Lipinski definition) is 2. The summed E-state index contributed by atoms with van der Waals surface area (Å²) in [6.07, 6.45) is 7.30. The van der Waals surface area contributed by atoms with Crippen LogP contribution in [-0.4, -0.2) is 41.0 Å². The Morgan fingerprint density at radius 1 is 1.47 bits per heavy atom. The first kappa shape index (κ1) is 11.2. The summed E-state index contributed by atoms with van der Waals surface area (Å²) >= 11 is 0. The topological polar surface area (TPSA) is 44.0 Å². The van der Waals surface area contributed by atoms with Crippen molar-refractivity contribution >= 4 is 0 Å². The van der Waals surface area contributed by atoms with Gasteiger partial charge in [-0.25, -0.2) is 4.98 Å². The molecule has 0 aromatic carbocycles. The van der Waals surface area contributed by atoms with Crippen LogP contribution in [0.4, 0.5) is 0 Å². The van der Waals surface area contributed by atoms with Crippen molar-refractivity contribution in [3.63, 3.8) is 0 Å². The van der Waals surface area contributed by atoms with Gasteiger partial charge in [0, 0.05) is 30.4 Å². The Hall–Kier alpha value is -0.870. The zero-order valence-electron chi connectivity index (χ0n) is 10.6. The highest BCUT2D eigenvalue weighted by molar-refractivity contribution is 5.09. The zero-order chi connectivity index (χ0) is 11.7. The third-order valence-corrected chi connectivity index (χ3v) is 3.85. The SMILES string of the molecule is CN1CCCC(c2cnc(CNC3CC3)[nH]2)C1. The van der Waals surface area contributed by atoms with Gasteiger partial charge in [-0.2, -0.15) is 0 Å². The molecule has 1 aromatic heterocycles. The van der Waals surface area contributed by atoms with E-state index in [4.69, 9.17) is 0 Å². The maximum atomic E-state index is 4.48. The van der Waals surface area contributed by atoms with Crippen LogP contribution in [0.25, 0.3) is 0 Å². The number of hydrogen-bond acceptors (Lipinski definition) is 3. The lowest BCUT2D eigenvalue weighted by atomic mass is 9.96. The summed E-state index contributed by atoms with van der Waals surface area (Å²) < 4.78 is 0.